The molecule has 92 valence electrons. The van der Waals surface area contributed by atoms with Gasteiger partial charge in [-0.2, -0.15) is 12.7 Å². The van der Waals surface area contributed by atoms with Crippen molar-refractivity contribution in [2.45, 2.75) is 25.7 Å². The number of nitrogens with two attached hydrogens (primary N) is 1. The van der Waals surface area contributed by atoms with Crippen LogP contribution in [-0.4, -0.2) is 38.9 Å². The summed E-state index contributed by atoms with van der Waals surface area (Å²) in [5.41, 5.74) is 5.25. The van der Waals surface area contributed by atoms with Crippen LogP contribution >= 0.6 is 12.4 Å². The van der Waals surface area contributed by atoms with Crippen molar-refractivity contribution in [1.29, 1.82) is 0 Å². The lowest BCUT2D eigenvalue weighted by Gasteiger charge is -2.19. The predicted octanol–water partition coefficient (Wildman–Crippen LogP) is 0.0773. The van der Waals surface area contributed by atoms with E-state index in [1.165, 1.54) is 4.31 Å². The molecule has 0 aromatic heterocycles. The minimum absolute atomic E-state index is 0. The fourth-order valence-corrected chi connectivity index (χ4v) is 2.86. The van der Waals surface area contributed by atoms with Gasteiger partial charge < -0.3 is 5.73 Å². The van der Waals surface area contributed by atoms with Gasteiger partial charge in [-0.3, -0.25) is 0 Å². The van der Waals surface area contributed by atoms with Crippen molar-refractivity contribution < 1.29 is 8.42 Å². The van der Waals surface area contributed by atoms with Crippen LogP contribution < -0.4 is 10.5 Å². The number of hydrogen-bond acceptors (Lipinski definition) is 3. The zero-order valence-electron chi connectivity index (χ0n) is 8.81. The summed E-state index contributed by atoms with van der Waals surface area (Å²) in [6.07, 6.45) is 4.18. The zero-order chi connectivity index (χ0) is 10.4. The van der Waals surface area contributed by atoms with Gasteiger partial charge in [-0.05, 0) is 12.8 Å². The first kappa shape index (κ1) is 15.1. The van der Waals surface area contributed by atoms with E-state index in [9.17, 15) is 8.42 Å². The SMILES string of the molecule is Cl.NCCNS(=O)(=O)N1CCCCCC1. The molecule has 1 aliphatic rings. The molecule has 0 aromatic rings. The van der Waals surface area contributed by atoms with Crippen LogP contribution in [0.25, 0.3) is 0 Å². The Hall–Kier alpha value is 0.120. The topological polar surface area (TPSA) is 75.4 Å². The molecule has 3 N–H and O–H groups in total. The normalized spacial score (nSPS) is 19.3. The minimum atomic E-state index is -3.27. The van der Waals surface area contributed by atoms with Crippen LogP contribution in [0.1, 0.15) is 25.7 Å². The largest absolute Gasteiger partial charge is 0.329 e. The lowest BCUT2D eigenvalue weighted by molar-refractivity contribution is 0.415. The van der Waals surface area contributed by atoms with Gasteiger partial charge in [-0.1, -0.05) is 12.8 Å². The van der Waals surface area contributed by atoms with E-state index >= 15 is 0 Å². The molecule has 0 amide bonds. The quantitative estimate of drug-likeness (QED) is 0.749. The van der Waals surface area contributed by atoms with E-state index in [2.05, 4.69) is 4.72 Å². The van der Waals surface area contributed by atoms with Gasteiger partial charge in [0.1, 0.15) is 0 Å². The first-order valence-corrected chi connectivity index (χ1v) is 6.55. The molecule has 1 heterocycles. The first-order valence-electron chi connectivity index (χ1n) is 5.11. The van der Waals surface area contributed by atoms with Crippen LogP contribution in [0.4, 0.5) is 0 Å². The molecule has 0 aliphatic carbocycles. The Morgan fingerprint density at radius 1 is 1.13 bits per heavy atom. The molecule has 1 aliphatic heterocycles. The predicted molar refractivity (Wildman–Crippen MR) is 63.3 cm³/mol. The van der Waals surface area contributed by atoms with E-state index < -0.39 is 10.2 Å². The van der Waals surface area contributed by atoms with Crippen molar-refractivity contribution >= 4 is 22.6 Å². The van der Waals surface area contributed by atoms with E-state index in [-0.39, 0.29) is 12.4 Å². The molecule has 0 spiro atoms. The molecule has 1 fully saturated rings. The summed E-state index contributed by atoms with van der Waals surface area (Å²) in [6.45, 7) is 1.94. The highest BCUT2D eigenvalue weighted by Crippen LogP contribution is 2.11. The molecule has 0 radical (unpaired) electrons. The van der Waals surface area contributed by atoms with E-state index in [1.807, 2.05) is 0 Å². The van der Waals surface area contributed by atoms with Gasteiger partial charge in [0.05, 0.1) is 0 Å². The molecule has 1 saturated heterocycles. The van der Waals surface area contributed by atoms with Crippen LogP contribution in [0.5, 0.6) is 0 Å². The second-order valence-electron chi connectivity index (χ2n) is 3.50. The molecular formula is C8H20ClN3O2S. The van der Waals surface area contributed by atoms with Gasteiger partial charge in [-0.25, -0.2) is 4.72 Å². The van der Waals surface area contributed by atoms with E-state index in [1.54, 1.807) is 0 Å². The van der Waals surface area contributed by atoms with Gasteiger partial charge in [0.25, 0.3) is 10.2 Å². The molecule has 0 unspecified atom stereocenters. The molecule has 1 rings (SSSR count). The molecule has 0 atom stereocenters. The van der Waals surface area contributed by atoms with E-state index in [4.69, 9.17) is 5.73 Å². The summed E-state index contributed by atoms with van der Waals surface area (Å²) in [4.78, 5) is 0. The first-order chi connectivity index (χ1) is 6.67. The summed E-state index contributed by atoms with van der Waals surface area (Å²) in [5.74, 6) is 0. The fourth-order valence-electron chi connectivity index (χ4n) is 1.56. The Morgan fingerprint density at radius 2 is 1.67 bits per heavy atom. The number of hydrogen-bond donors (Lipinski definition) is 2. The van der Waals surface area contributed by atoms with Crippen LogP contribution in [0.3, 0.4) is 0 Å². The molecule has 5 nitrogen and oxygen atoms in total. The summed E-state index contributed by atoms with van der Waals surface area (Å²) >= 11 is 0. The lowest BCUT2D eigenvalue weighted by atomic mass is 10.2. The standard InChI is InChI=1S/C8H19N3O2S.ClH/c9-5-6-10-14(12,13)11-7-3-1-2-4-8-11;/h10H,1-9H2;1H. The highest BCUT2D eigenvalue weighted by atomic mass is 35.5. The number of nitrogens with zero attached hydrogens (tertiary/aromatic N) is 1. The second-order valence-corrected chi connectivity index (χ2v) is 5.26. The van der Waals surface area contributed by atoms with E-state index in [0.29, 0.717) is 26.2 Å². The number of nitrogens with one attached hydrogen (secondary N) is 1. The molecule has 0 aromatic carbocycles. The van der Waals surface area contributed by atoms with Crippen molar-refractivity contribution in [3.05, 3.63) is 0 Å². The Morgan fingerprint density at radius 3 is 2.13 bits per heavy atom. The van der Waals surface area contributed by atoms with Crippen molar-refractivity contribution in [2.24, 2.45) is 5.73 Å². The van der Waals surface area contributed by atoms with Crippen molar-refractivity contribution in [1.82, 2.24) is 9.03 Å². The second kappa shape index (κ2) is 7.40. The Balaban J connectivity index is 0.00000196. The summed E-state index contributed by atoms with van der Waals surface area (Å²) in [5, 5.41) is 0. The Kier molecular flexibility index (Phi) is 7.46. The molecule has 0 saturated carbocycles. The fraction of sp³-hybridized carbons (Fsp3) is 1.00. The Labute approximate surface area is 98.0 Å². The third kappa shape index (κ3) is 5.12. The average Bonchev–Trinajstić information content (AvgIpc) is 2.43. The monoisotopic (exact) mass is 257 g/mol. The van der Waals surface area contributed by atoms with Gasteiger partial charge in [0.2, 0.25) is 0 Å². The third-order valence-corrected chi connectivity index (χ3v) is 3.95. The molecular weight excluding hydrogens is 238 g/mol. The maximum Gasteiger partial charge on any atom is 0.279 e. The zero-order valence-corrected chi connectivity index (χ0v) is 10.4. The highest BCUT2D eigenvalue weighted by Gasteiger charge is 2.21. The maximum atomic E-state index is 11.7. The van der Waals surface area contributed by atoms with Crippen molar-refractivity contribution in [3.8, 4) is 0 Å². The van der Waals surface area contributed by atoms with Gasteiger partial charge in [0, 0.05) is 26.2 Å². The van der Waals surface area contributed by atoms with Crippen molar-refractivity contribution in [3.63, 3.8) is 0 Å². The van der Waals surface area contributed by atoms with Crippen molar-refractivity contribution in [2.75, 3.05) is 26.2 Å². The maximum absolute atomic E-state index is 11.7. The third-order valence-electron chi connectivity index (χ3n) is 2.33. The molecule has 7 heteroatoms. The summed E-state index contributed by atoms with van der Waals surface area (Å²) < 4.78 is 27.3. The van der Waals surface area contributed by atoms with Gasteiger partial charge >= 0.3 is 0 Å². The van der Waals surface area contributed by atoms with Crippen LogP contribution in [0.2, 0.25) is 0 Å². The van der Waals surface area contributed by atoms with Gasteiger partial charge in [-0.15, -0.1) is 12.4 Å². The van der Waals surface area contributed by atoms with Crippen LogP contribution in [0, 0.1) is 0 Å². The Bertz CT molecular complexity index is 251. The number of rotatable bonds is 4. The smallest absolute Gasteiger partial charge is 0.279 e. The van der Waals surface area contributed by atoms with Crippen LogP contribution in [-0.2, 0) is 10.2 Å². The average molecular weight is 258 g/mol. The van der Waals surface area contributed by atoms with Crippen LogP contribution in [0.15, 0.2) is 0 Å². The highest BCUT2D eigenvalue weighted by molar-refractivity contribution is 7.87. The molecule has 15 heavy (non-hydrogen) atoms. The van der Waals surface area contributed by atoms with Gasteiger partial charge in [0.15, 0.2) is 0 Å². The summed E-state index contributed by atoms with van der Waals surface area (Å²) in [6, 6.07) is 0. The summed E-state index contributed by atoms with van der Waals surface area (Å²) in [7, 11) is -3.27. The lowest BCUT2D eigenvalue weighted by Crippen LogP contribution is -2.42. The number of halogens is 1. The van der Waals surface area contributed by atoms with E-state index in [0.717, 1.165) is 25.7 Å². The molecule has 0 bridgehead atoms. The minimum Gasteiger partial charge on any atom is -0.329 e.